The molecule has 5 aromatic rings. The van der Waals surface area contributed by atoms with Crippen molar-refractivity contribution in [2.75, 3.05) is 0 Å². The van der Waals surface area contributed by atoms with Gasteiger partial charge in [-0.25, -0.2) is 4.39 Å². The summed E-state index contributed by atoms with van der Waals surface area (Å²) in [5.41, 5.74) is 6.68. The molecule has 0 aliphatic rings. The molecule has 156 valence electrons. The van der Waals surface area contributed by atoms with Crippen LogP contribution in [-0.2, 0) is 7.05 Å². The number of hydrogen-bond acceptors (Lipinski definition) is 0. The Morgan fingerprint density at radius 3 is 2.06 bits per heavy atom. The molecular weight excluding hydrogens is 393 g/mol. The van der Waals surface area contributed by atoms with Gasteiger partial charge in [0.15, 0.2) is 0 Å². The van der Waals surface area contributed by atoms with Gasteiger partial charge in [0.25, 0.3) is 0 Å². The van der Waals surface area contributed by atoms with E-state index in [-0.39, 0.29) is 11.7 Å². The van der Waals surface area contributed by atoms with Crippen LogP contribution in [0.25, 0.3) is 28.2 Å². The first-order valence-corrected chi connectivity index (χ1v) is 10.8. The highest BCUT2D eigenvalue weighted by Crippen LogP contribution is 2.41. The van der Waals surface area contributed by atoms with E-state index in [0.717, 1.165) is 33.3 Å². The summed E-state index contributed by atoms with van der Waals surface area (Å²) in [5, 5.41) is 0.943. The zero-order valence-electron chi connectivity index (χ0n) is 17.9. The average molecular weight is 418 g/mol. The summed E-state index contributed by atoms with van der Waals surface area (Å²) < 4.78 is 16.6. The first-order chi connectivity index (χ1) is 15.7. The van der Waals surface area contributed by atoms with Crippen molar-refractivity contribution in [3.63, 3.8) is 0 Å². The van der Waals surface area contributed by atoms with E-state index in [1.54, 1.807) is 6.07 Å². The molecule has 0 fully saturated rings. The molecule has 0 spiro atoms. The molecule has 0 N–H and O–H groups in total. The van der Waals surface area contributed by atoms with Gasteiger partial charge < -0.3 is 4.57 Å². The third kappa shape index (κ3) is 3.76. The van der Waals surface area contributed by atoms with Crippen LogP contribution in [0.5, 0.6) is 0 Å². The van der Waals surface area contributed by atoms with Crippen LogP contribution < -0.4 is 0 Å². The third-order valence-electron chi connectivity index (χ3n) is 6.00. The standard InChI is InChI=1S/C30H24FN/c1-32-28-20-18-25(31)21-27(28)29(30(32)24-15-9-4-10-16-24)26(23-13-7-3-8-14-23)19-17-22-11-5-2-6-12-22/h2-21,26H,1H3/b19-17+/t26-/m0/s1. The summed E-state index contributed by atoms with van der Waals surface area (Å²) in [6, 6.07) is 36.2. The molecule has 0 saturated carbocycles. The second kappa shape index (κ2) is 8.68. The molecule has 1 heterocycles. The number of aryl methyl sites for hydroxylation is 1. The minimum absolute atomic E-state index is 0.0305. The number of aromatic nitrogens is 1. The summed E-state index contributed by atoms with van der Waals surface area (Å²) in [6.45, 7) is 0. The van der Waals surface area contributed by atoms with Crippen LogP contribution in [0.4, 0.5) is 4.39 Å². The van der Waals surface area contributed by atoms with Gasteiger partial charge in [0.05, 0.1) is 5.69 Å². The predicted molar refractivity (Wildman–Crippen MR) is 132 cm³/mol. The monoisotopic (exact) mass is 417 g/mol. The Bertz CT molecular complexity index is 1370. The van der Waals surface area contributed by atoms with Crippen molar-refractivity contribution in [1.29, 1.82) is 0 Å². The lowest BCUT2D eigenvalue weighted by Crippen LogP contribution is -2.01. The van der Waals surface area contributed by atoms with Crippen LogP contribution in [-0.4, -0.2) is 4.57 Å². The molecule has 1 aromatic heterocycles. The number of nitrogens with zero attached hydrogens (tertiary/aromatic N) is 1. The third-order valence-corrected chi connectivity index (χ3v) is 6.00. The highest BCUT2D eigenvalue weighted by atomic mass is 19.1. The maximum atomic E-state index is 14.4. The van der Waals surface area contributed by atoms with Crippen LogP contribution in [0, 0.1) is 5.82 Å². The number of rotatable bonds is 5. The zero-order chi connectivity index (χ0) is 21.9. The molecule has 1 atom stereocenters. The summed E-state index contributed by atoms with van der Waals surface area (Å²) >= 11 is 0. The molecule has 1 nitrogen and oxygen atoms in total. The van der Waals surface area contributed by atoms with E-state index < -0.39 is 0 Å². The van der Waals surface area contributed by atoms with Crippen molar-refractivity contribution in [1.82, 2.24) is 4.57 Å². The lowest BCUT2D eigenvalue weighted by atomic mass is 9.87. The normalized spacial score (nSPS) is 12.4. The quantitative estimate of drug-likeness (QED) is 0.275. The fourth-order valence-corrected chi connectivity index (χ4v) is 4.51. The van der Waals surface area contributed by atoms with Crippen LogP contribution in [0.3, 0.4) is 0 Å². The van der Waals surface area contributed by atoms with Gasteiger partial charge in [0, 0.05) is 23.9 Å². The van der Waals surface area contributed by atoms with E-state index >= 15 is 0 Å². The molecule has 0 amide bonds. The molecule has 0 aliphatic heterocycles. The van der Waals surface area contributed by atoms with Crippen molar-refractivity contribution in [3.05, 3.63) is 138 Å². The van der Waals surface area contributed by atoms with Gasteiger partial charge >= 0.3 is 0 Å². The first-order valence-electron chi connectivity index (χ1n) is 10.8. The Labute approximate surface area is 188 Å². The van der Waals surface area contributed by atoms with Crippen LogP contribution in [0.2, 0.25) is 0 Å². The van der Waals surface area contributed by atoms with Crippen molar-refractivity contribution in [2.45, 2.75) is 5.92 Å². The van der Waals surface area contributed by atoms with Crippen LogP contribution in [0.1, 0.15) is 22.6 Å². The van der Waals surface area contributed by atoms with Crippen molar-refractivity contribution < 1.29 is 4.39 Å². The minimum atomic E-state index is -0.220. The van der Waals surface area contributed by atoms with Crippen molar-refractivity contribution >= 4 is 17.0 Å². The van der Waals surface area contributed by atoms with Crippen molar-refractivity contribution in [2.24, 2.45) is 7.05 Å². The number of halogens is 1. The summed E-state index contributed by atoms with van der Waals surface area (Å²) in [5.74, 6) is -0.250. The molecule has 4 aromatic carbocycles. The Morgan fingerprint density at radius 2 is 1.38 bits per heavy atom. The van der Waals surface area contributed by atoms with Gasteiger partial charge in [0.2, 0.25) is 0 Å². The Morgan fingerprint density at radius 1 is 0.750 bits per heavy atom. The van der Waals surface area contributed by atoms with Crippen molar-refractivity contribution in [3.8, 4) is 11.3 Å². The molecule has 32 heavy (non-hydrogen) atoms. The molecule has 2 heteroatoms. The van der Waals surface area contributed by atoms with E-state index in [1.807, 2.05) is 36.4 Å². The van der Waals surface area contributed by atoms with Gasteiger partial charge in [-0.05, 0) is 40.5 Å². The van der Waals surface area contributed by atoms with Crippen LogP contribution in [0.15, 0.2) is 115 Å². The van der Waals surface area contributed by atoms with Gasteiger partial charge in [-0.2, -0.15) is 0 Å². The minimum Gasteiger partial charge on any atom is -0.343 e. The summed E-state index contributed by atoms with van der Waals surface area (Å²) in [4.78, 5) is 0. The Balaban J connectivity index is 1.80. The molecule has 0 unspecified atom stereocenters. The smallest absolute Gasteiger partial charge is 0.123 e. The molecule has 0 bridgehead atoms. The lowest BCUT2D eigenvalue weighted by Gasteiger charge is -2.17. The largest absolute Gasteiger partial charge is 0.343 e. The first kappa shape index (κ1) is 20.0. The van der Waals surface area contributed by atoms with Gasteiger partial charge in [-0.1, -0.05) is 103 Å². The SMILES string of the molecule is Cn1c(-c2ccccc2)c([C@@H](/C=C/c2ccccc2)c2ccccc2)c2cc(F)ccc21. The fraction of sp³-hybridized carbons (Fsp3) is 0.0667. The van der Waals surface area contributed by atoms with Crippen LogP contribution >= 0.6 is 0 Å². The molecule has 0 saturated heterocycles. The topological polar surface area (TPSA) is 4.93 Å². The second-order valence-electron chi connectivity index (χ2n) is 8.01. The maximum Gasteiger partial charge on any atom is 0.123 e. The van der Waals surface area contributed by atoms with E-state index in [1.165, 1.54) is 11.6 Å². The highest BCUT2D eigenvalue weighted by molar-refractivity contribution is 5.93. The number of benzene rings is 4. The van der Waals surface area contributed by atoms with Gasteiger partial charge in [0.1, 0.15) is 5.82 Å². The van der Waals surface area contributed by atoms with E-state index in [4.69, 9.17) is 0 Å². The van der Waals surface area contributed by atoms with Gasteiger partial charge in [-0.3, -0.25) is 0 Å². The lowest BCUT2D eigenvalue weighted by molar-refractivity contribution is 0.629. The molecule has 0 aliphatic carbocycles. The molecule has 5 rings (SSSR count). The number of fused-ring (bicyclic) bond motifs is 1. The summed E-state index contributed by atoms with van der Waals surface area (Å²) in [6.07, 6.45) is 4.39. The predicted octanol–water partition coefficient (Wildman–Crippen LogP) is 7.83. The van der Waals surface area contributed by atoms with Gasteiger partial charge in [-0.15, -0.1) is 0 Å². The summed E-state index contributed by atoms with van der Waals surface area (Å²) in [7, 11) is 2.06. The molecular formula is C30H24FN. The number of hydrogen-bond donors (Lipinski definition) is 0. The Kier molecular flexibility index (Phi) is 5.43. The molecule has 0 radical (unpaired) electrons. The highest BCUT2D eigenvalue weighted by Gasteiger charge is 2.24. The zero-order valence-corrected chi connectivity index (χ0v) is 17.9. The number of allylic oxidation sites excluding steroid dienone is 1. The van der Waals surface area contributed by atoms with E-state index in [0.29, 0.717) is 0 Å². The Hall–Kier alpha value is -3.91. The van der Waals surface area contributed by atoms with E-state index in [9.17, 15) is 4.39 Å². The maximum absolute atomic E-state index is 14.4. The average Bonchev–Trinajstić information content (AvgIpc) is 3.12. The fourth-order valence-electron chi connectivity index (χ4n) is 4.51. The van der Waals surface area contributed by atoms with E-state index in [2.05, 4.69) is 84.4 Å². The second-order valence-corrected chi connectivity index (χ2v) is 8.01.